The summed E-state index contributed by atoms with van der Waals surface area (Å²) in [4.78, 5) is 0. The lowest BCUT2D eigenvalue weighted by atomic mass is 9.83. The standard InChI is InChI=1S/C17H18O5/c1-21-16-14-7-6-13(19)8-15(14)22-10-17(16,20)9-11-2-4-12(18)5-3-11/h2-8,16,18-20H,9-10H2,1H3/t16-,17+/m0/s1. The molecule has 0 amide bonds. The van der Waals surface area contributed by atoms with Gasteiger partial charge >= 0.3 is 0 Å². The topological polar surface area (TPSA) is 79.2 Å². The van der Waals surface area contributed by atoms with E-state index in [9.17, 15) is 15.3 Å². The summed E-state index contributed by atoms with van der Waals surface area (Å²) in [7, 11) is 1.54. The van der Waals surface area contributed by atoms with Gasteiger partial charge < -0.3 is 24.8 Å². The number of benzene rings is 2. The highest BCUT2D eigenvalue weighted by atomic mass is 16.5. The van der Waals surface area contributed by atoms with Crippen LogP contribution < -0.4 is 4.74 Å². The van der Waals surface area contributed by atoms with E-state index in [0.717, 1.165) is 5.56 Å². The Kier molecular flexibility index (Phi) is 3.68. The SMILES string of the molecule is CO[C@H]1c2ccc(O)cc2OC[C@]1(O)Cc1ccc(O)cc1. The smallest absolute Gasteiger partial charge is 0.133 e. The van der Waals surface area contributed by atoms with E-state index in [-0.39, 0.29) is 18.1 Å². The highest BCUT2D eigenvalue weighted by Crippen LogP contribution is 2.42. The number of aromatic hydroxyl groups is 2. The zero-order valence-electron chi connectivity index (χ0n) is 12.2. The fraction of sp³-hybridized carbons (Fsp3) is 0.294. The molecule has 5 nitrogen and oxygen atoms in total. The third kappa shape index (κ3) is 2.61. The molecule has 0 aliphatic carbocycles. The highest BCUT2D eigenvalue weighted by Gasteiger charge is 2.44. The first kappa shape index (κ1) is 14.7. The number of methoxy groups -OCH3 is 1. The van der Waals surface area contributed by atoms with Gasteiger partial charge in [-0.05, 0) is 29.8 Å². The largest absolute Gasteiger partial charge is 0.508 e. The zero-order valence-corrected chi connectivity index (χ0v) is 12.2. The molecule has 2 atom stereocenters. The van der Waals surface area contributed by atoms with Crippen LogP contribution in [0.1, 0.15) is 17.2 Å². The van der Waals surface area contributed by atoms with Crippen molar-refractivity contribution in [3.8, 4) is 17.2 Å². The van der Waals surface area contributed by atoms with Crippen molar-refractivity contribution in [1.29, 1.82) is 0 Å². The second-order valence-corrected chi connectivity index (χ2v) is 5.57. The van der Waals surface area contributed by atoms with Crippen LogP contribution in [-0.2, 0) is 11.2 Å². The van der Waals surface area contributed by atoms with Crippen LogP contribution in [0.15, 0.2) is 42.5 Å². The molecule has 3 rings (SSSR count). The predicted molar refractivity (Wildman–Crippen MR) is 80.1 cm³/mol. The number of aliphatic hydroxyl groups is 1. The Morgan fingerprint density at radius 1 is 1.14 bits per heavy atom. The molecule has 3 N–H and O–H groups in total. The Bertz CT molecular complexity index is 667. The zero-order chi connectivity index (χ0) is 15.7. The number of phenolic OH excluding ortho intramolecular Hbond substituents is 2. The summed E-state index contributed by atoms with van der Waals surface area (Å²) in [5, 5.41) is 29.9. The van der Waals surface area contributed by atoms with Crippen molar-refractivity contribution in [3.05, 3.63) is 53.6 Å². The molecule has 0 saturated heterocycles. The van der Waals surface area contributed by atoms with Crippen molar-refractivity contribution in [2.24, 2.45) is 0 Å². The van der Waals surface area contributed by atoms with E-state index in [1.54, 1.807) is 36.4 Å². The van der Waals surface area contributed by atoms with Gasteiger partial charge in [-0.3, -0.25) is 0 Å². The predicted octanol–water partition coefficient (Wildman–Crippen LogP) is 2.15. The molecule has 1 heterocycles. The van der Waals surface area contributed by atoms with Crippen molar-refractivity contribution in [2.45, 2.75) is 18.1 Å². The molecule has 0 aromatic heterocycles. The molecular formula is C17H18O5. The third-order valence-corrected chi connectivity index (χ3v) is 3.93. The van der Waals surface area contributed by atoms with Crippen molar-refractivity contribution < 1.29 is 24.8 Å². The van der Waals surface area contributed by atoms with Crippen molar-refractivity contribution in [2.75, 3.05) is 13.7 Å². The normalized spacial score (nSPS) is 23.6. The van der Waals surface area contributed by atoms with E-state index >= 15 is 0 Å². The van der Waals surface area contributed by atoms with E-state index in [0.29, 0.717) is 17.7 Å². The maximum absolute atomic E-state index is 11.0. The first-order chi connectivity index (χ1) is 10.5. The summed E-state index contributed by atoms with van der Waals surface area (Å²) in [5.41, 5.74) is 0.344. The molecule has 0 fully saturated rings. The fourth-order valence-corrected chi connectivity index (χ4v) is 2.89. The van der Waals surface area contributed by atoms with Crippen molar-refractivity contribution in [3.63, 3.8) is 0 Å². The first-order valence-electron chi connectivity index (χ1n) is 7.00. The van der Waals surface area contributed by atoms with E-state index < -0.39 is 11.7 Å². The highest BCUT2D eigenvalue weighted by molar-refractivity contribution is 5.44. The van der Waals surface area contributed by atoms with Gasteiger partial charge in [0.05, 0.1) is 0 Å². The van der Waals surface area contributed by atoms with E-state index in [2.05, 4.69) is 0 Å². The molecule has 0 radical (unpaired) electrons. The Labute approximate surface area is 128 Å². The van der Waals surface area contributed by atoms with Crippen LogP contribution in [0.3, 0.4) is 0 Å². The number of rotatable bonds is 3. The second-order valence-electron chi connectivity index (χ2n) is 5.57. The number of ether oxygens (including phenoxy) is 2. The fourth-order valence-electron chi connectivity index (χ4n) is 2.89. The molecule has 1 aliphatic heterocycles. The Hall–Kier alpha value is -2.24. The van der Waals surface area contributed by atoms with Crippen LogP contribution in [0.5, 0.6) is 17.2 Å². The number of hydrogen-bond acceptors (Lipinski definition) is 5. The van der Waals surface area contributed by atoms with Crippen LogP contribution in [0.2, 0.25) is 0 Å². The molecule has 2 aromatic carbocycles. The van der Waals surface area contributed by atoms with Gasteiger partial charge in [0, 0.05) is 25.2 Å². The minimum atomic E-state index is -1.23. The third-order valence-electron chi connectivity index (χ3n) is 3.93. The lowest BCUT2D eigenvalue weighted by Gasteiger charge is -2.40. The number of hydrogen-bond donors (Lipinski definition) is 3. The lowest BCUT2D eigenvalue weighted by molar-refractivity contribution is -0.129. The molecule has 2 aromatic rings. The van der Waals surface area contributed by atoms with Gasteiger partial charge in [-0.2, -0.15) is 0 Å². The Balaban J connectivity index is 1.92. The van der Waals surface area contributed by atoms with Crippen LogP contribution in [0.25, 0.3) is 0 Å². The molecule has 0 unspecified atom stereocenters. The van der Waals surface area contributed by atoms with Crippen molar-refractivity contribution >= 4 is 0 Å². The quantitative estimate of drug-likeness (QED) is 0.809. The lowest BCUT2D eigenvalue weighted by Crippen LogP contribution is -2.48. The molecule has 5 heteroatoms. The van der Waals surface area contributed by atoms with Crippen LogP contribution in [0.4, 0.5) is 0 Å². The van der Waals surface area contributed by atoms with Crippen LogP contribution in [0, 0.1) is 0 Å². The summed E-state index contributed by atoms with van der Waals surface area (Å²) in [6, 6.07) is 11.4. The van der Waals surface area contributed by atoms with Gasteiger partial charge in [-0.25, -0.2) is 0 Å². The van der Waals surface area contributed by atoms with Gasteiger partial charge in [-0.15, -0.1) is 0 Å². The summed E-state index contributed by atoms with van der Waals surface area (Å²) >= 11 is 0. The molecular weight excluding hydrogens is 284 g/mol. The van der Waals surface area contributed by atoms with Crippen LogP contribution in [-0.4, -0.2) is 34.6 Å². The van der Waals surface area contributed by atoms with E-state index in [1.807, 2.05) is 0 Å². The molecule has 0 saturated carbocycles. The molecule has 22 heavy (non-hydrogen) atoms. The number of fused-ring (bicyclic) bond motifs is 1. The van der Waals surface area contributed by atoms with Gasteiger partial charge in [0.15, 0.2) is 0 Å². The van der Waals surface area contributed by atoms with Gasteiger partial charge in [0.25, 0.3) is 0 Å². The summed E-state index contributed by atoms with van der Waals surface area (Å²) in [6.07, 6.45) is -0.239. The Morgan fingerprint density at radius 2 is 1.82 bits per heavy atom. The van der Waals surface area contributed by atoms with E-state index in [4.69, 9.17) is 9.47 Å². The summed E-state index contributed by atoms with van der Waals surface area (Å²) in [5.74, 6) is 0.805. The summed E-state index contributed by atoms with van der Waals surface area (Å²) in [6.45, 7) is 0.0584. The molecule has 116 valence electrons. The molecule has 0 bridgehead atoms. The molecule has 1 aliphatic rings. The van der Waals surface area contributed by atoms with Crippen molar-refractivity contribution in [1.82, 2.24) is 0 Å². The number of phenols is 2. The van der Waals surface area contributed by atoms with Crippen LogP contribution >= 0.6 is 0 Å². The molecule has 0 spiro atoms. The minimum Gasteiger partial charge on any atom is -0.508 e. The van der Waals surface area contributed by atoms with Gasteiger partial charge in [-0.1, -0.05) is 12.1 Å². The minimum absolute atomic E-state index is 0.0584. The van der Waals surface area contributed by atoms with Gasteiger partial charge in [0.1, 0.15) is 35.6 Å². The second kappa shape index (κ2) is 5.51. The average Bonchev–Trinajstić information content (AvgIpc) is 2.50. The monoisotopic (exact) mass is 302 g/mol. The maximum Gasteiger partial charge on any atom is 0.133 e. The average molecular weight is 302 g/mol. The van der Waals surface area contributed by atoms with E-state index in [1.165, 1.54) is 13.2 Å². The summed E-state index contributed by atoms with van der Waals surface area (Å²) < 4.78 is 11.1. The maximum atomic E-state index is 11.0. The Morgan fingerprint density at radius 3 is 2.50 bits per heavy atom. The van der Waals surface area contributed by atoms with Gasteiger partial charge in [0.2, 0.25) is 0 Å². The first-order valence-corrected chi connectivity index (χ1v) is 7.00.